The number of rotatable bonds is 1. The molecule has 2 amide bonds. The fourth-order valence-electron chi connectivity index (χ4n) is 2.00. The molecule has 1 aliphatic rings. The fraction of sp³-hybridized carbons (Fsp3) is 0.571. The van der Waals surface area contributed by atoms with Gasteiger partial charge in [0.05, 0.1) is 0 Å². The third-order valence-electron chi connectivity index (χ3n) is 3.00. The molecular formula is C14H19BrN2O4. The normalized spacial score (nSPS) is 16.0. The maximum absolute atomic E-state index is 12.2. The number of hydrogen-bond acceptors (Lipinski definition) is 4. The second kappa shape index (κ2) is 6.09. The van der Waals surface area contributed by atoms with Crippen molar-refractivity contribution in [2.75, 3.05) is 26.2 Å². The van der Waals surface area contributed by atoms with Gasteiger partial charge in [-0.1, -0.05) is 0 Å². The van der Waals surface area contributed by atoms with Crippen molar-refractivity contribution in [3.8, 4) is 0 Å². The monoisotopic (exact) mass is 358 g/mol. The summed E-state index contributed by atoms with van der Waals surface area (Å²) in [5.74, 6) is 0.136. The molecule has 1 saturated heterocycles. The van der Waals surface area contributed by atoms with E-state index in [-0.39, 0.29) is 12.0 Å². The quantitative estimate of drug-likeness (QED) is 0.774. The molecule has 6 nitrogen and oxygen atoms in total. The molecule has 0 atom stereocenters. The zero-order valence-electron chi connectivity index (χ0n) is 12.4. The molecule has 0 unspecified atom stereocenters. The summed E-state index contributed by atoms with van der Waals surface area (Å²) in [6.07, 6.45) is -0.338. The van der Waals surface area contributed by atoms with Crippen molar-refractivity contribution in [2.24, 2.45) is 0 Å². The Labute approximate surface area is 132 Å². The summed E-state index contributed by atoms with van der Waals surface area (Å²) in [7, 11) is 0. The zero-order chi connectivity index (χ0) is 15.6. The maximum atomic E-state index is 12.2. The Balaban J connectivity index is 1.88. The number of halogens is 1. The van der Waals surface area contributed by atoms with Crippen LogP contribution < -0.4 is 0 Å². The summed E-state index contributed by atoms with van der Waals surface area (Å²) >= 11 is 3.17. The third kappa shape index (κ3) is 4.23. The van der Waals surface area contributed by atoms with Crippen LogP contribution in [0.25, 0.3) is 0 Å². The Morgan fingerprint density at radius 2 is 1.71 bits per heavy atom. The fourth-order valence-corrected chi connectivity index (χ4v) is 2.31. The molecule has 0 bridgehead atoms. The van der Waals surface area contributed by atoms with Gasteiger partial charge in [0.25, 0.3) is 5.91 Å². The van der Waals surface area contributed by atoms with Gasteiger partial charge < -0.3 is 19.0 Å². The number of carbonyl (C=O) groups is 2. The second-order valence-corrected chi connectivity index (χ2v) is 6.64. The predicted octanol–water partition coefficient (Wildman–Crippen LogP) is 2.74. The molecule has 0 radical (unpaired) electrons. The molecule has 1 aliphatic heterocycles. The molecule has 2 rings (SSSR count). The minimum atomic E-state index is -0.509. The average molecular weight is 359 g/mol. The first kappa shape index (κ1) is 15.9. The first-order valence-corrected chi connectivity index (χ1v) is 7.58. The van der Waals surface area contributed by atoms with Crippen LogP contribution in [0.2, 0.25) is 0 Å². The summed E-state index contributed by atoms with van der Waals surface area (Å²) in [5.41, 5.74) is -0.509. The van der Waals surface area contributed by atoms with Gasteiger partial charge in [-0.2, -0.15) is 0 Å². The van der Waals surface area contributed by atoms with Gasteiger partial charge in [-0.3, -0.25) is 4.79 Å². The standard InChI is InChI=1S/C14H19BrN2O4/c1-14(2,3)21-13(19)17-8-6-16(7-9-17)12(18)10-4-5-11(15)20-10/h4-5H,6-9H2,1-3H3. The van der Waals surface area contributed by atoms with Crippen molar-refractivity contribution in [2.45, 2.75) is 26.4 Å². The van der Waals surface area contributed by atoms with Gasteiger partial charge in [0, 0.05) is 26.2 Å². The van der Waals surface area contributed by atoms with Crippen molar-refractivity contribution >= 4 is 27.9 Å². The van der Waals surface area contributed by atoms with Gasteiger partial charge in [0.1, 0.15) is 5.60 Å². The van der Waals surface area contributed by atoms with Crippen LogP contribution >= 0.6 is 15.9 Å². The van der Waals surface area contributed by atoms with Gasteiger partial charge in [0.2, 0.25) is 0 Å². The van der Waals surface area contributed by atoms with Crippen LogP contribution in [0.15, 0.2) is 21.2 Å². The van der Waals surface area contributed by atoms with E-state index < -0.39 is 5.60 Å². The Morgan fingerprint density at radius 3 is 2.19 bits per heavy atom. The van der Waals surface area contributed by atoms with Crippen LogP contribution in [0.4, 0.5) is 4.79 Å². The summed E-state index contributed by atoms with van der Waals surface area (Å²) < 4.78 is 11.1. The molecule has 2 heterocycles. The van der Waals surface area contributed by atoms with E-state index in [0.29, 0.717) is 36.6 Å². The van der Waals surface area contributed by atoms with Crippen molar-refractivity contribution < 1.29 is 18.7 Å². The number of hydrogen-bond donors (Lipinski definition) is 0. The van der Waals surface area contributed by atoms with Crippen LogP contribution in [0.3, 0.4) is 0 Å². The number of furan rings is 1. The maximum Gasteiger partial charge on any atom is 0.410 e. The van der Waals surface area contributed by atoms with Crippen molar-refractivity contribution in [1.82, 2.24) is 9.80 Å². The van der Waals surface area contributed by atoms with Crippen molar-refractivity contribution in [3.05, 3.63) is 22.6 Å². The second-order valence-electron chi connectivity index (χ2n) is 5.86. The number of nitrogens with zero attached hydrogens (tertiary/aromatic N) is 2. The molecule has 0 aromatic carbocycles. The van der Waals surface area contributed by atoms with Gasteiger partial charge >= 0.3 is 6.09 Å². The molecule has 1 aromatic rings. The highest BCUT2D eigenvalue weighted by Gasteiger charge is 2.28. The lowest BCUT2D eigenvalue weighted by molar-refractivity contribution is 0.0137. The van der Waals surface area contributed by atoms with E-state index in [4.69, 9.17) is 9.15 Å². The Bertz CT molecular complexity index is 527. The summed E-state index contributed by atoms with van der Waals surface area (Å²) in [6, 6.07) is 3.32. The van der Waals surface area contributed by atoms with Gasteiger partial charge in [-0.05, 0) is 48.8 Å². The summed E-state index contributed by atoms with van der Waals surface area (Å²) in [6.45, 7) is 7.36. The average Bonchev–Trinajstić information content (AvgIpc) is 2.83. The van der Waals surface area contributed by atoms with Crippen LogP contribution in [-0.2, 0) is 4.74 Å². The number of carbonyl (C=O) groups excluding carboxylic acids is 2. The molecule has 0 aliphatic carbocycles. The summed E-state index contributed by atoms with van der Waals surface area (Å²) in [4.78, 5) is 27.4. The van der Waals surface area contributed by atoms with E-state index in [2.05, 4.69) is 15.9 Å². The van der Waals surface area contributed by atoms with Gasteiger partial charge in [-0.25, -0.2) is 4.79 Å². The van der Waals surface area contributed by atoms with Gasteiger partial charge in [-0.15, -0.1) is 0 Å². The van der Waals surface area contributed by atoms with Crippen LogP contribution in [0.1, 0.15) is 31.3 Å². The lowest BCUT2D eigenvalue weighted by Crippen LogP contribution is -2.51. The number of ether oxygens (including phenoxy) is 1. The van der Waals surface area contributed by atoms with Crippen LogP contribution in [0.5, 0.6) is 0 Å². The topological polar surface area (TPSA) is 63.0 Å². The number of piperazine rings is 1. The Morgan fingerprint density at radius 1 is 1.14 bits per heavy atom. The van der Waals surface area contributed by atoms with E-state index in [1.807, 2.05) is 20.8 Å². The molecule has 0 spiro atoms. The molecule has 7 heteroatoms. The molecule has 0 N–H and O–H groups in total. The molecular weight excluding hydrogens is 340 g/mol. The first-order chi connectivity index (χ1) is 9.76. The molecule has 1 fully saturated rings. The smallest absolute Gasteiger partial charge is 0.410 e. The SMILES string of the molecule is CC(C)(C)OC(=O)N1CCN(C(=O)c2ccc(Br)o2)CC1. The minimum Gasteiger partial charge on any atom is -0.444 e. The third-order valence-corrected chi connectivity index (χ3v) is 3.43. The lowest BCUT2D eigenvalue weighted by Gasteiger charge is -2.35. The lowest BCUT2D eigenvalue weighted by atomic mass is 10.2. The molecule has 21 heavy (non-hydrogen) atoms. The minimum absolute atomic E-state index is 0.162. The highest BCUT2D eigenvalue weighted by molar-refractivity contribution is 9.10. The van der Waals surface area contributed by atoms with Crippen LogP contribution in [0, 0.1) is 0 Å². The molecule has 1 aromatic heterocycles. The molecule has 0 saturated carbocycles. The van der Waals surface area contributed by atoms with E-state index in [0.717, 1.165) is 0 Å². The van der Waals surface area contributed by atoms with E-state index >= 15 is 0 Å². The zero-order valence-corrected chi connectivity index (χ0v) is 14.0. The Hall–Kier alpha value is -1.50. The Kier molecular flexibility index (Phi) is 4.61. The number of amides is 2. The summed E-state index contributed by atoms with van der Waals surface area (Å²) in [5, 5.41) is 0. The van der Waals surface area contributed by atoms with Gasteiger partial charge in [0.15, 0.2) is 10.4 Å². The first-order valence-electron chi connectivity index (χ1n) is 6.79. The predicted molar refractivity (Wildman–Crippen MR) is 80.1 cm³/mol. The van der Waals surface area contributed by atoms with E-state index in [9.17, 15) is 9.59 Å². The van der Waals surface area contributed by atoms with E-state index in [1.54, 1.807) is 21.9 Å². The highest BCUT2D eigenvalue weighted by atomic mass is 79.9. The largest absolute Gasteiger partial charge is 0.444 e. The van der Waals surface area contributed by atoms with Crippen molar-refractivity contribution in [3.63, 3.8) is 0 Å². The van der Waals surface area contributed by atoms with Crippen LogP contribution in [-0.4, -0.2) is 53.6 Å². The highest BCUT2D eigenvalue weighted by Crippen LogP contribution is 2.17. The van der Waals surface area contributed by atoms with Crippen molar-refractivity contribution in [1.29, 1.82) is 0 Å². The van der Waals surface area contributed by atoms with E-state index in [1.165, 1.54) is 0 Å². The molecule has 116 valence electrons.